The van der Waals surface area contributed by atoms with Gasteiger partial charge < -0.3 is 15.2 Å². The van der Waals surface area contributed by atoms with E-state index in [2.05, 4.69) is 26.6 Å². The highest BCUT2D eigenvalue weighted by Gasteiger charge is 2.23. The predicted octanol–water partition coefficient (Wildman–Crippen LogP) is 2.89. The smallest absolute Gasteiger partial charge is 0.261 e. The number of hydrogen-bond acceptors (Lipinski definition) is 7. The number of anilines is 1. The first-order chi connectivity index (χ1) is 15.8. The molecule has 0 bridgehead atoms. The van der Waals surface area contributed by atoms with E-state index in [4.69, 9.17) is 4.74 Å². The molecule has 4 rings (SSSR count). The van der Waals surface area contributed by atoms with Gasteiger partial charge in [0.2, 0.25) is 0 Å². The molecule has 0 spiro atoms. The summed E-state index contributed by atoms with van der Waals surface area (Å²) >= 11 is 0. The van der Waals surface area contributed by atoms with Crippen LogP contribution in [0.5, 0.6) is 5.75 Å². The molecule has 3 heterocycles. The third-order valence-electron chi connectivity index (χ3n) is 4.75. The van der Waals surface area contributed by atoms with Crippen LogP contribution in [0.4, 0.5) is 5.69 Å². The van der Waals surface area contributed by atoms with Gasteiger partial charge in [0, 0.05) is 24.2 Å². The van der Waals surface area contributed by atoms with E-state index in [9.17, 15) is 15.2 Å². The highest BCUT2D eigenvalue weighted by Crippen LogP contribution is 2.35. The molecule has 0 aliphatic carbocycles. The molecule has 0 aliphatic heterocycles. The number of benzene rings is 1. The maximum Gasteiger partial charge on any atom is 0.261 e. The van der Waals surface area contributed by atoms with Crippen molar-refractivity contribution in [2.45, 2.75) is 32.9 Å². The maximum atomic E-state index is 13.1. The van der Waals surface area contributed by atoms with E-state index in [0.717, 1.165) is 0 Å². The number of nitrogens with zero attached hydrogens (tertiary/aromatic N) is 6. The van der Waals surface area contributed by atoms with Crippen LogP contribution in [0.15, 0.2) is 49.1 Å². The van der Waals surface area contributed by atoms with E-state index in [-0.39, 0.29) is 6.54 Å². The van der Waals surface area contributed by atoms with Crippen molar-refractivity contribution in [2.75, 3.05) is 11.9 Å². The van der Waals surface area contributed by atoms with Crippen molar-refractivity contribution in [1.82, 2.24) is 24.4 Å². The topological polar surface area (TPSA) is 130 Å². The van der Waals surface area contributed by atoms with Crippen molar-refractivity contribution in [2.24, 2.45) is 0 Å². The number of hydrogen-bond donors (Lipinski definition) is 2. The average molecular weight is 445 g/mol. The highest BCUT2D eigenvalue weighted by atomic mass is 16.5. The molecule has 0 saturated heterocycles. The number of ether oxygens (including phenoxy) is 1. The van der Waals surface area contributed by atoms with Gasteiger partial charge in [-0.2, -0.15) is 15.5 Å². The summed E-state index contributed by atoms with van der Waals surface area (Å²) in [6, 6.07) is 8.86. The Balaban J connectivity index is 1.79. The predicted molar refractivity (Wildman–Crippen MR) is 121 cm³/mol. The summed E-state index contributed by atoms with van der Waals surface area (Å²) in [5, 5.41) is 31.3. The second kappa shape index (κ2) is 8.72. The number of carbonyl (C=O) groups is 1. The van der Waals surface area contributed by atoms with Crippen molar-refractivity contribution in [3.63, 3.8) is 0 Å². The monoisotopic (exact) mass is 445 g/mol. The molecule has 10 nitrogen and oxygen atoms in total. The third-order valence-corrected chi connectivity index (χ3v) is 4.75. The molecule has 33 heavy (non-hydrogen) atoms. The summed E-state index contributed by atoms with van der Waals surface area (Å²) in [5.74, 6) is 0.111. The number of fused-ring (bicyclic) bond motifs is 1. The van der Waals surface area contributed by atoms with Gasteiger partial charge in [0.1, 0.15) is 17.0 Å². The van der Waals surface area contributed by atoms with Gasteiger partial charge in [0.25, 0.3) is 5.91 Å². The quantitative estimate of drug-likeness (QED) is 0.447. The maximum absolute atomic E-state index is 13.1. The van der Waals surface area contributed by atoms with Crippen molar-refractivity contribution in [3.05, 3.63) is 60.2 Å². The Labute approximate surface area is 190 Å². The van der Waals surface area contributed by atoms with Gasteiger partial charge in [-0.3, -0.25) is 9.48 Å². The van der Waals surface area contributed by atoms with Crippen LogP contribution in [0.2, 0.25) is 0 Å². The lowest BCUT2D eigenvalue weighted by atomic mass is 10.1. The molecule has 0 aliphatic rings. The van der Waals surface area contributed by atoms with E-state index in [1.54, 1.807) is 61.4 Å². The minimum Gasteiger partial charge on any atom is -0.493 e. The molecule has 0 fully saturated rings. The molecule has 0 saturated carbocycles. The fourth-order valence-corrected chi connectivity index (χ4v) is 3.43. The number of amides is 1. The summed E-state index contributed by atoms with van der Waals surface area (Å²) in [7, 11) is 0. The minimum absolute atomic E-state index is 0.191. The van der Waals surface area contributed by atoms with Crippen LogP contribution in [0.25, 0.3) is 16.9 Å². The fraction of sp³-hybridized carbons (Fsp3) is 0.261. The number of aliphatic hydroxyl groups is 1. The Kier molecular flexibility index (Phi) is 5.81. The lowest BCUT2D eigenvalue weighted by Crippen LogP contribution is -2.26. The Morgan fingerprint density at radius 3 is 2.91 bits per heavy atom. The van der Waals surface area contributed by atoms with E-state index >= 15 is 0 Å². The van der Waals surface area contributed by atoms with Crippen LogP contribution >= 0.6 is 0 Å². The highest BCUT2D eigenvalue weighted by molar-refractivity contribution is 6.09. The first kappa shape index (κ1) is 22.0. The Morgan fingerprint density at radius 1 is 1.36 bits per heavy atom. The number of nitriles is 1. The standard InChI is InChI=1S/C23H23N7O3/c1-4-33-19-7-6-15(11-24)10-16(19)20-18(13-29(28-20)14-23(2,3)32)27-22(31)17-12-26-30-9-5-8-25-21(17)30/h5-10,12-13,32H,4,14H2,1-3H3,(H,27,31). The molecule has 2 N–H and O–H groups in total. The molecule has 3 aromatic heterocycles. The Morgan fingerprint density at radius 2 is 2.18 bits per heavy atom. The van der Waals surface area contributed by atoms with Crippen LogP contribution < -0.4 is 10.1 Å². The number of rotatable bonds is 7. The first-order valence-corrected chi connectivity index (χ1v) is 10.4. The second-order valence-electron chi connectivity index (χ2n) is 8.06. The summed E-state index contributed by atoms with van der Waals surface area (Å²) in [5.41, 5.74) is 1.48. The van der Waals surface area contributed by atoms with Gasteiger partial charge in [0.05, 0.1) is 42.3 Å². The molecule has 10 heteroatoms. The lowest BCUT2D eigenvalue weighted by Gasteiger charge is -2.16. The largest absolute Gasteiger partial charge is 0.493 e. The van der Waals surface area contributed by atoms with Crippen LogP contribution in [0, 0.1) is 11.3 Å². The molecule has 0 atom stereocenters. The average Bonchev–Trinajstić information content (AvgIpc) is 3.37. The molecule has 4 aromatic rings. The normalized spacial score (nSPS) is 11.4. The van der Waals surface area contributed by atoms with Gasteiger partial charge in [-0.1, -0.05) is 0 Å². The third kappa shape index (κ3) is 4.68. The van der Waals surface area contributed by atoms with Crippen LogP contribution in [-0.4, -0.2) is 47.6 Å². The van der Waals surface area contributed by atoms with Gasteiger partial charge in [-0.25, -0.2) is 9.50 Å². The van der Waals surface area contributed by atoms with Crippen LogP contribution in [0.3, 0.4) is 0 Å². The molecule has 0 radical (unpaired) electrons. The molecular weight excluding hydrogens is 422 g/mol. The van der Waals surface area contributed by atoms with Crippen molar-refractivity contribution in [1.29, 1.82) is 5.26 Å². The number of carbonyl (C=O) groups excluding carboxylic acids is 1. The van der Waals surface area contributed by atoms with Crippen LogP contribution in [0.1, 0.15) is 36.7 Å². The van der Waals surface area contributed by atoms with Gasteiger partial charge in [-0.15, -0.1) is 0 Å². The number of nitrogens with one attached hydrogen (secondary N) is 1. The number of aromatic nitrogens is 5. The van der Waals surface area contributed by atoms with E-state index < -0.39 is 11.5 Å². The molecule has 1 amide bonds. The fourth-order valence-electron chi connectivity index (χ4n) is 3.43. The summed E-state index contributed by atoms with van der Waals surface area (Å²) < 4.78 is 8.81. The zero-order chi connectivity index (χ0) is 23.6. The van der Waals surface area contributed by atoms with Crippen molar-refractivity contribution in [3.8, 4) is 23.1 Å². The van der Waals surface area contributed by atoms with Crippen molar-refractivity contribution >= 4 is 17.2 Å². The van der Waals surface area contributed by atoms with Gasteiger partial charge in [0.15, 0.2) is 5.65 Å². The van der Waals surface area contributed by atoms with Crippen LogP contribution in [-0.2, 0) is 6.54 Å². The Bertz CT molecular complexity index is 1360. The molecule has 1 aromatic carbocycles. The Hall–Kier alpha value is -4.23. The summed E-state index contributed by atoms with van der Waals surface area (Å²) in [6.07, 6.45) is 6.37. The zero-order valence-electron chi connectivity index (χ0n) is 18.5. The van der Waals surface area contributed by atoms with E-state index in [1.165, 1.54) is 10.7 Å². The zero-order valence-corrected chi connectivity index (χ0v) is 18.5. The summed E-state index contributed by atoms with van der Waals surface area (Å²) in [6.45, 7) is 5.79. The SMILES string of the molecule is CCOc1ccc(C#N)cc1-c1nn(CC(C)(C)O)cc1NC(=O)c1cnn2cccnc12. The first-order valence-electron chi connectivity index (χ1n) is 10.4. The summed E-state index contributed by atoms with van der Waals surface area (Å²) in [4.78, 5) is 17.4. The minimum atomic E-state index is -1.03. The molecule has 168 valence electrons. The van der Waals surface area contributed by atoms with Gasteiger partial charge >= 0.3 is 0 Å². The van der Waals surface area contributed by atoms with Gasteiger partial charge in [-0.05, 0) is 45.0 Å². The molecular formula is C23H23N7O3. The molecule has 0 unspecified atom stereocenters. The lowest BCUT2D eigenvalue weighted by molar-refractivity contribution is 0.0578. The van der Waals surface area contributed by atoms with E-state index in [1.807, 2.05) is 6.92 Å². The second-order valence-corrected chi connectivity index (χ2v) is 8.06. The van der Waals surface area contributed by atoms with E-state index in [0.29, 0.717) is 46.1 Å². The van der Waals surface area contributed by atoms with Crippen molar-refractivity contribution < 1.29 is 14.6 Å².